The van der Waals surface area contributed by atoms with Crippen molar-refractivity contribution < 1.29 is 9.53 Å². The average molecular weight is 294 g/mol. The van der Waals surface area contributed by atoms with Crippen molar-refractivity contribution in [1.82, 2.24) is 10.3 Å². The number of nitrogens with zero attached hydrogens (tertiary/aromatic N) is 1. The third-order valence-corrected chi connectivity index (χ3v) is 5.22. The molecular formula is C15H22N2O2S. The Morgan fingerprint density at radius 1 is 1.55 bits per heavy atom. The summed E-state index contributed by atoms with van der Waals surface area (Å²) >= 11 is 1.58. The number of ether oxygens (including phenoxy) is 1. The van der Waals surface area contributed by atoms with E-state index in [1.165, 1.54) is 12.8 Å². The molecule has 4 nitrogen and oxygen atoms in total. The van der Waals surface area contributed by atoms with Crippen LogP contribution in [0.4, 0.5) is 0 Å². The van der Waals surface area contributed by atoms with Gasteiger partial charge in [-0.15, -0.1) is 11.3 Å². The highest BCUT2D eigenvalue weighted by Gasteiger charge is 2.42. The molecular weight excluding hydrogens is 272 g/mol. The lowest BCUT2D eigenvalue weighted by Gasteiger charge is -2.21. The van der Waals surface area contributed by atoms with Crippen molar-refractivity contribution in [2.24, 2.45) is 0 Å². The highest BCUT2D eigenvalue weighted by atomic mass is 32.1. The summed E-state index contributed by atoms with van der Waals surface area (Å²) in [5.41, 5.74) is 0.624. The van der Waals surface area contributed by atoms with E-state index in [0.29, 0.717) is 12.3 Å². The number of amides is 1. The van der Waals surface area contributed by atoms with Crippen molar-refractivity contribution >= 4 is 17.2 Å². The quantitative estimate of drug-likeness (QED) is 0.929. The number of carbonyl (C=O) groups is 1. The van der Waals surface area contributed by atoms with Gasteiger partial charge < -0.3 is 10.1 Å². The van der Waals surface area contributed by atoms with Gasteiger partial charge in [0.15, 0.2) is 0 Å². The van der Waals surface area contributed by atoms with Gasteiger partial charge in [0.1, 0.15) is 5.69 Å². The van der Waals surface area contributed by atoms with Crippen molar-refractivity contribution in [3.05, 3.63) is 16.1 Å². The van der Waals surface area contributed by atoms with E-state index in [9.17, 15) is 4.79 Å². The lowest BCUT2D eigenvalue weighted by Crippen LogP contribution is -2.36. The van der Waals surface area contributed by atoms with Crippen LogP contribution in [0, 0.1) is 0 Å². The monoisotopic (exact) mass is 294 g/mol. The van der Waals surface area contributed by atoms with Crippen LogP contribution < -0.4 is 5.32 Å². The molecule has 0 aromatic carbocycles. The van der Waals surface area contributed by atoms with Gasteiger partial charge >= 0.3 is 0 Å². The predicted octanol–water partition coefficient (Wildman–Crippen LogP) is 2.93. The topological polar surface area (TPSA) is 51.2 Å². The summed E-state index contributed by atoms with van der Waals surface area (Å²) in [6.07, 6.45) is 7.79. The average Bonchev–Trinajstić information content (AvgIpc) is 3.14. The molecule has 1 aromatic rings. The van der Waals surface area contributed by atoms with E-state index in [1.807, 2.05) is 5.38 Å². The van der Waals surface area contributed by atoms with Gasteiger partial charge in [0.05, 0.1) is 23.3 Å². The zero-order valence-corrected chi connectivity index (χ0v) is 12.8. The van der Waals surface area contributed by atoms with E-state index in [4.69, 9.17) is 4.74 Å². The van der Waals surface area contributed by atoms with E-state index in [1.54, 1.807) is 11.3 Å². The predicted molar refractivity (Wildman–Crippen MR) is 79.1 cm³/mol. The second-order valence-electron chi connectivity index (χ2n) is 5.95. The SMILES string of the molecule is CCCc1nc(C(=O)N[C@H]2COC3(CCCC3)C2)cs1. The number of nitrogens with one attached hydrogen (secondary N) is 1. The van der Waals surface area contributed by atoms with Crippen molar-refractivity contribution in [3.8, 4) is 0 Å². The molecule has 1 atom stereocenters. The molecule has 2 fully saturated rings. The molecule has 1 aromatic heterocycles. The molecule has 5 heteroatoms. The van der Waals surface area contributed by atoms with E-state index in [0.717, 1.165) is 37.1 Å². The van der Waals surface area contributed by atoms with Gasteiger partial charge in [-0.05, 0) is 32.1 Å². The van der Waals surface area contributed by atoms with E-state index in [2.05, 4.69) is 17.2 Å². The maximum atomic E-state index is 12.2. The number of thiazole rings is 1. The molecule has 1 amide bonds. The van der Waals surface area contributed by atoms with E-state index in [-0.39, 0.29) is 17.6 Å². The first-order chi connectivity index (χ1) is 9.71. The molecule has 1 saturated heterocycles. The molecule has 2 aliphatic rings. The van der Waals surface area contributed by atoms with Gasteiger partial charge in [-0.1, -0.05) is 19.8 Å². The van der Waals surface area contributed by atoms with E-state index >= 15 is 0 Å². The number of aryl methyl sites for hydroxylation is 1. The summed E-state index contributed by atoms with van der Waals surface area (Å²) in [7, 11) is 0. The van der Waals surface area contributed by atoms with E-state index < -0.39 is 0 Å². The molecule has 2 heterocycles. The minimum absolute atomic E-state index is 0.0488. The highest BCUT2D eigenvalue weighted by Crippen LogP contribution is 2.40. The molecule has 0 bridgehead atoms. The normalized spacial score (nSPS) is 24.4. The third kappa shape index (κ3) is 2.88. The molecule has 1 saturated carbocycles. The Labute approximate surface area is 123 Å². The number of hydrogen-bond donors (Lipinski definition) is 1. The first-order valence-electron chi connectivity index (χ1n) is 7.60. The number of aromatic nitrogens is 1. The first-order valence-corrected chi connectivity index (χ1v) is 8.48. The van der Waals surface area contributed by atoms with Crippen LogP contribution in [-0.2, 0) is 11.2 Å². The Morgan fingerprint density at radius 3 is 3.10 bits per heavy atom. The Kier molecular flexibility index (Phi) is 4.08. The molecule has 1 aliphatic carbocycles. The maximum Gasteiger partial charge on any atom is 0.271 e. The zero-order chi connectivity index (χ0) is 14.0. The summed E-state index contributed by atoms with van der Waals surface area (Å²) in [6.45, 7) is 2.77. The summed E-state index contributed by atoms with van der Waals surface area (Å²) in [5, 5.41) is 5.99. The molecule has 1 N–H and O–H groups in total. The number of hydrogen-bond acceptors (Lipinski definition) is 4. The number of rotatable bonds is 4. The van der Waals surface area contributed by atoms with Crippen molar-refractivity contribution in [3.63, 3.8) is 0 Å². The molecule has 20 heavy (non-hydrogen) atoms. The standard InChI is InChI=1S/C15H22N2O2S/c1-2-5-13-17-12(10-20-13)14(18)16-11-8-15(19-9-11)6-3-4-7-15/h10-11H,2-9H2,1H3,(H,16,18)/t11-/m1/s1. The van der Waals surface area contributed by atoms with Crippen LogP contribution in [0.15, 0.2) is 5.38 Å². The maximum absolute atomic E-state index is 12.2. The Morgan fingerprint density at radius 2 is 2.35 bits per heavy atom. The van der Waals surface area contributed by atoms with Gasteiger partial charge in [-0.25, -0.2) is 4.98 Å². The van der Waals surface area contributed by atoms with Crippen LogP contribution in [-0.4, -0.2) is 29.1 Å². The lowest BCUT2D eigenvalue weighted by atomic mass is 9.96. The van der Waals surface area contributed by atoms with Gasteiger partial charge in [0, 0.05) is 5.38 Å². The largest absolute Gasteiger partial charge is 0.373 e. The zero-order valence-electron chi connectivity index (χ0n) is 12.0. The highest BCUT2D eigenvalue weighted by molar-refractivity contribution is 7.09. The van der Waals surface area contributed by atoms with Crippen molar-refractivity contribution in [2.75, 3.05) is 6.61 Å². The third-order valence-electron chi connectivity index (χ3n) is 4.31. The molecule has 0 radical (unpaired) electrons. The fraction of sp³-hybridized carbons (Fsp3) is 0.733. The second-order valence-corrected chi connectivity index (χ2v) is 6.89. The summed E-state index contributed by atoms with van der Waals surface area (Å²) < 4.78 is 5.96. The Bertz CT molecular complexity index is 480. The minimum atomic E-state index is -0.0488. The molecule has 1 spiro atoms. The van der Waals surface area contributed by atoms with Gasteiger partial charge in [-0.3, -0.25) is 4.79 Å². The fourth-order valence-electron chi connectivity index (χ4n) is 3.31. The Hall–Kier alpha value is -0.940. The van der Waals surface area contributed by atoms with Crippen LogP contribution in [0.5, 0.6) is 0 Å². The van der Waals surface area contributed by atoms with Crippen LogP contribution in [0.3, 0.4) is 0 Å². The van der Waals surface area contributed by atoms with Crippen molar-refractivity contribution in [1.29, 1.82) is 0 Å². The van der Waals surface area contributed by atoms with Crippen molar-refractivity contribution in [2.45, 2.75) is 63.5 Å². The van der Waals surface area contributed by atoms with Crippen LogP contribution in [0.1, 0.15) is 60.9 Å². The smallest absolute Gasteiger partial charge is 0.271 e. The molecule has 0 unspecified atom stereocenters. The van der Waals surface area contributed by atoms with Crippen LogP contribution >= 0.6 is 11.3 Å². The van der Waals surface area contributed by atoms with Crippen LogP contribution in [0.2, 0.25) is 0 Å². The lowest BCUT2D eigenvalue weighted by molar-refractivity contribution is 0.00987. The molecule has 1 aliphatic heterocycles. The minimum Gasteiger partial charge on any atom is -0.373 e. The molecule has 3 rings (SSSR count). The summed E-state index contributed by atoms with van der Waals surface area (Å²) in [5.74, 6) is -0.0488. The van der Waals surface area contributed by atoms with Gasteiger partial charge in [0.2, 0.25) is 0 Å². The second kappa shape index (κ2) is 5.82. The van der Waals surface area contributed by atoms with Gasteiger partial charge in [-0.2, -0.15) is 0 Å². The van der Waals surface area contributed by atoms with Gasteiger partial charge in [0.25, 0.3) is 5.91 Å². The van der Waals surface area contributed by atoms with Crippen LogP contribution in [0.25, 0.3) is 0 Å². The fourth-order valence-corrected chi connectivity index (χ4v) is 4.19. The molecule has 110 valence electrons. The Balaban J connectivity index is 1.56. The summed E-state index contributed by atoms with van der Waals surface area (Å²) in [4.78, 5) is 16.6. The first kappa shape index (κ1) is 14.0. The summed E-state index contributed by atoms with van der Waals surface area (Å²) in [6, 6.07) is 0.150. The number of carbonyl (C=O) groups excluding carboxylic acids is 1.